The van der Waals surface area contributed by atoms with Crippen molar-refractivity contribution in [1.82, 2.24) is 20.1 Å². The van der Waals surface area contributed by atoms with Gasteiger partial charge in [-0.05, 0) is 98.0 Å². The Labute approximate surface area is 205 Å². The highest BCUT2D eigenvalue weighted by Gasteiger charge is 2.43. The smallest absolute Gasteiger partial charge is 0.254 e. The summed E-state index contributed by atoms with van der Waals surface area (Å²) in [5, 5.41) is 11.9. The van der Waals surface area contributed by atoms with Gasteiger partial charge in [-0.2, -0.15) is 5.10 Å². The van der Waals surface area contributed by atoms with Crippen LogP contribution in [0.15, 0.2) is 67.1 Å². The molecular weight excluding hydrogens is 434 g/mol. The first-order valence-electron chi connectivity index (χ1n) is 12.6. The minimum atomic E-state index is 0.183. The van der Waals surface area contributed by atoms with Crippen LogP contribution in [0.4, 0.5) is 5.69 Å². The van der Waals surface area contributed by atoms with E-state index >= 15 is 0 Å². The highest BCUT2D eigenvalue weighted by atomic mass is 16.2. The molecule has 2 N–H and O–H groups in total. The van der Waals surface area contributed by atoms with Crippen molar-refractivity contribution in [2.75, 3.05) is 5.32 Å². The molecule has 4 aromatic rings. The van der Waals surface area contributed by atoms with E-state index in [9.17, 15) is 4.79 Å². The fourth-order valence-electron chi connectivity index (χ4n) is 6.03. The Bertz CT molecular complexity index is 1330. The molecule has 6 heteroatoms. The first-order valence-corrected chi connectivity index (χ1v) is 12.6. The van der Waals surface area contributed by atoms with Crippen molar-refractivity contribution in [3.63, 3.8) is 0 Å². The number of piperidine rings is 1. The molecule has 35 heavy (non-hydrogen) atoms. The van der Waals surface area contributed by atoms with Crippen LogP contribution in [0.25, 0.3) is 10.9 Å². The van der Waals surface area contributed by atoms with Gasteiger partial charge in [-0.15, -0.1) is 0 Å². The largest absolute Gasteiger partial charge is 0.381 e. The first kappa shape index (κ1) is 21.8. The molecule has 0 saturated carbocycles. The van der Waals surface area contributed by atoms with Gasteiger partial charge in [-0.1, -0.05) is 12.1 Å². The molecule has 2 aliphatic rings. The van der Waals surface area contributed by atoms with Gasteiger partial charge in [-0.3, -0.25) is 14.9 Å². The number of fused-ring (bicyclic) bond motifs is 3. The molecule has 2 saturated heterocycles. The number of carbonyl (C=O) groups is 1. The van der Waals surface area contributed by atoms with E-state index < -0.39 is 0 Å². The molecule has 2 atom stereocenters. The number of aromatic amines is 1. The molecule has 6 rings (SSSR count). The van der Waals surface area contributed by atoms with Crippen molar-refractivity contribution in [1.29, 1.82) is 0 Å². The summed E-state index contributed by atoms with van der Waals surface area (Å²) in [5.41, 5.74) is 6.57. The third kappa shape index (κ3) is 4.41. The predicted molar refractivity (Wildman–Crippen MR) is 138 cm³/mol. The number of rotatable bonds is 6. The van der Waals surface area contributed by atoms with E-state index in [0.717, 1.165) is 54.4 Å². The molecule has 2 aliphatic heterocycles. The number of amides is 1. The van der Waals surface area contributed by atoms with Crippen LogP contribution in [0.2, 0.25) is 0 Å². The Hall–Kier alpha value is -3.67. The van der Waals surface area contributed by atoms with Gasteiger partial charge in [0.1, 0.15) is 0 Å². The summed E-state index contributed by atoms with van der Waals surface area (Å²) < 4.78 is 0. The van der Waals surface area contributed by atoms with Crippen LogP contribution >= 0.6 is 0 Å². The molecule has 2 fully saturated rings. The van der Waals surface area contributed by atoms with Crippen LogP contribution in [0, 0.1) is 12.8 Å². The highest BCUT2D eigenvalue weighted by molar-refractivity contribution is 5.96. The van der Waals surface area contributed by atoms with Crippen LogP contribution in [0.3, 0.4) is 0 Å². The van der Waals surface area contributed by atoms with Crippen molar-refractivity contribution < 1.29 is 4.79 Å². The molecule has 2 aromatic heterocycles. The maximum atomic E-state index is 13.7. The van der Waals surface area contributed by atoms with E-state index in [1.807, 2.05) is 30.5 Å². The van der Waals surface area contributed by atoms with Gasteiger partial charge >= 0.3 is 0 Å². The maximum absolute atomic E-state index is 13.7. The molecule has 1 amide bonds. The van der Waals surface area contributed by atoms with E-state index in [4.69, 9.17) is 0 Å². The van der Waals surface area contributed by atoms with E-state index in [-0.39, 0.29) is 5.91 Å². The maximum Gasteiger partial charge on any atom is 0.254 e. The van der Waals surface area contributed by atoms with Gasteiger partial charge in [0.25, 0.3) is 5.91 Å². The number of nitrogens with zero attached hydrogens (tertiary/aromatic N) is 3. The summed E-state index contributed by atoms with van der Waals surface area (Å²) in [6.07, 6.45) is 11.0. The van der Waals surface area contributed by atoms with Gasteiger partial charge in [0.15, 0.2) is 0 Å². The van der Waals surface area contributed by atoms with Crippen molar-refractivity contribution >= 4 is 22.5 Å². The van der Waals surface area contributed by atoms with Gasteiger partial charge in [0, 0.05) is 47.7 Å². The van der Waals surface area contributed by atoms with Gasteiger partial charge in [-0.25, -0.2) is 0 Å². The molecule has 6 nitrogen and oxygen atoms in total. The number of hydrogen-bond acceptors (Lipinski definition) is 4. The predicted octanol–water partition coefficient (Wildman–Crippen LogP) is 5.50. The van der Waals surface area contributed by atoms with Crippen molar-refractivity contribution in [2.24, 2.45) is 5.92 Å². The minimum Gasteiger partial charge on any atom is -0.381 e. The lowest BCUT2D eigenvalue weighted by Crippen LogP contribution is -2.46. The lowest BCUT2D eigenvalue weighted by atomic mass is 9.85. The summed E-state index contributed by atoms with van der Waals surface area (Å²) in [6, 6.07) is 17.4. The fraction of sp³-hybridized carbons (Fsp3) is 0.345. The van der Waals surface area contributed by atoms with Crippen molar-refractivity contribution in [3.8, 4) is 0 Å². The molecular formula is C29H31N5O. The number of nitrogens with one attached hydrogen (secondary N) is 2. The number of pyridine rings is 1. The molecule has 0 radical (unpaired) electrons. The standard InChI is InChI=1S/C29H31N5O/c1-19-2-4-23(16-28(19)31-17-20-8-10-30-11-9-20)29(35)34-25-5-6-26(34)15-22(14-25)12-21-3-7-27-24(13-21)18-32-33-27/h2-4,7-11,13,16,18,22,25-26,31H,5-6,12,14-15,17H2,1H3,(H,32,33). The zero-order chi connectivity index (χ0) is 23.8. The molecule has 4 heterocycles. The molecule has 2 bridgehead atoms. The minimum absolute atomic E-state index is 0.183. The van der Waals surface area contributed by atoms with Crippen molar-refractivity contribution in [2.45, 2.75) is 57.7 Å². The molecule has 0 spiro atoms. The fourth-order valence-corrected chi connectivity index (χ4v) is 6.03. The number of hydrogen-bond donors (Lipinski definition) is 2. The second-order valence-electron chi connectivity index (χ2n) is 10.2. The normalized spacial score (nSPS) is 21.4. The quantitative estimate of drug-likeness (QED) is 0.394. The van der Waals surface area contributed by atoms with Gasteiger partial charge in [0.05, 0.1) is 11.7 Å². The Morgan fingerprint density at radius 2 is 1.83 bits per heavy atom. The Kier molecular flexibility index (Phi) is 5.72. The second-order valence-corrected chi connectivity index (χ2v) is 10.2. The summed E-state index contributed by atoms with van der Waals surface area (Å²) in [6.45, 7) is 2.79. The zero-order valence-corrected chi connectivity index (χ0v) is 20.1. The number of benzene rings is 2. The van der Waals surface area contributed by atoms with Crippen LogP contribution in [-0.2, 0) is 13.0 Å². The van der Waals surface area contributed by atoms with Crippen LogP contribution in [0.5, 0.6) is 0 Å². The number of anilines is 1. The van der Waals surface area contributed by atoms with E-state index in [0.29, 0.717) is 24.5 Å². The summed E-state index contributed by atoms with van der Waals surface area (Å²) in [5.74, 6) is 0.805. The SMILES string of the molecule is Cc1ccc(C(=O)N2C3CCC2CC(Cc2ccc4[nH]ncc4c2)C3)cc1NCc1ccncc1. The summed E-state index contributed by atoms with van der Waals surface area (Å²) in [4.78, 5) is 19.9. The number of aryl methyl sites for hydroxylation is 1. The topological polar surface area (TPSA) is 73.9 Å². The average Bonchev–Trinajstić information content (AvgIpc) is 3.45. The third-order valence-corrected chi connectivity index (χ3v) is 7.81. The third-order valence-electron chi connectivity index (χ3n) is 7.81. The van der Waals surface area contributed by atoms with Crippen LogP contribution in [0.1, 0.15) is 52.7 Å². The monoisotopic (exact) mass is 465 g/mol. The average molecular weight is 466 g/mol. The first-order chi connectivity index (χ1) is 17.1. The van der Waals surface area contributed by atoms with Crippen molar-refractivity contribution in [3.05, 3.63) is 89.4 Å². The summed E-state index contributed by atoms with van der Waals surface area (Å²) >= 11 is 0. The van der Waals surface area contributed by atoms with Gasteiger partial charge < -0.3 is 10.2 Å². The lowest BCUT2D eigenvalue weighted by Gasteiger charge is -2.39. The molecule has 2 aromatic carbocycles. The van der Waals surface area contributed by atoms with Crippen LogP contribution in [-0.4, -0.2) is 38.1 Å². The Balaban J connectivity index is 1.14. The number of aromatic nitrogens is 3. The van der Waals surface area contributed by atoms with Gasteiger partial charge in [0.2, 0.25) is 0 Å². The highest BCUT2D eigenvalue weighted by Crippen LogP contribution is 2.41. The molecule has 0 aliphatic carbocycles. The lowest BCUT2D eigenvalue weighted by molar-refractivity contribution is 0.0524. The second kappa shape index (κ2) is 9.17. The van der Waals surface area contributed by atoms with Crippen LogP contribution < -0.4 is 5.32 Å². The molecule has 178 valence electrons. The number of carbonyl (C=O) groups excluding carboxylic acids is 1. The zero-order valence-electron chi connectivity index (χ0n) is 20.1. The summed E-state index contributed by atoms with van der Waals surface area (Å²) in [7, 11) is 0. The van der Waals surface area contributed by atoms with E-state index in [1.54, 1.807) is 12.4 Å². The van der Waals surface area contributed by atoms with E-state index in [2.05, 4.69) is 56.6 Å². The Morgan fingerprint density at radius 1 is 1.03 bits per heavy atom. The number of H-pyrrole nitrogens is 1. The molecule has 2 unspecified atom stereocenters. The Morgan fingerprint density at radius 3 is 2.63 bits per heavy atom. The van der Waals surface area contributed by atoms with E-state index in [1.165, 1.54) is 16.5 Å².